The molecule has 0 radical (unpaired) electrons. The number of amides is 1. The number of hydrogen-bond acceptors (Lipinski definition) is 4. The number of carbonyl (C=O) groups is 2. The molecule has 0 bridgehead atoms. The monoisotopic (exact) mass is 284 g/mol. The average molecular weight is 284 g/mol. The van der Waals surface area contributed by atoms with Crippen molar-refractivity contribution in [2.24, 2.45) is 0 Å². The molecule has 1 aromatic carbocycles. The Morgan fingerprint density at radius 3 is 2.48 bits per heavy atom. The van der Waals surface area contributed by atoms with Gasteiger partial charge in [-0.1, -0.05) is 12.1 Å². The van der Waals surface area contributed by atoms with Crippen molar-refractivity contribution >= 4 is 23.6 Å². The van der Waals surface area contributed by atoms with Gasteiger partial charge < -0.3 is 15.5 Å². The van der Waals surface area contributed by atoms with Crippen molar-refractivity contribution in [3.63, 3.8) is 0 Å². The van der Waals surface area contributed by atoms with E-state index in [9.17, 15) is 14.7 Å². The number of aliphatic carboxylic acids is 1. The summed E-state index contributed by atoms with van der Waals surface area (Å²) in [6.07, 6.45) is 3.88. The van der Waals surface area contributed by atoms with Gasteiger partial charge in [0.25, 0.3) is 5.91 Å². The first-order valence-electron chi connectivity index (χ1n) is 6.02. The summed E-state index contributed by atoms with van der Waals surface area (Å²) < 4.78 is 0. The summed E-state index contributed by atoms with van der Waals surface area (Å²) in [5.74, 6) is -1.75. The van der Waals surface area contributed by atoms with Crippen molar-refractivity contribution < 1.29 is 19.8 Å². The number of aromatic nitrogens is 1. The Morgan fingerprint density at radius 1 is 1.14 bits per heavy atom. The molecule has 0 fully saturated rings. The molecule has 6 heteroatoms. The number of benzene rings is 1. The molecule has 6 nitrogen and oxygen atoms in total. The van der Waals surface area contributed by atoms with Crippen LogP contribution in [0.3, 0.4) is 0 Å². The van der Waals surface area contributed by atoms with Crippen LogP contribution in [0.4, 0.5) is 5.69 Å². The largest absolute Gasteiger partial charge is 0.505 e. The summed E-state index contributed by atoms with van der Waals surface area (Å²) in [6, 6.07) is 9.47. The van der Waals surface area contributed by atoms with Gasteiger partial charge in [0.1, 0.15) is 5.75 Å². The number of carbonyl (C=O) groups excluding carboxylic acids is 1. The quantitative estimate of drug-likeness (QED) is 0.747. The zero-order chi connectivity index (χ0) is 15.2. The third-order valence-corrected chi connectivity index (χ3v) is 2.59. The van der Waals surface area contributed by atoms with Gasteiger partial charge in [-0.2, -0.15) is 0 Å². The minimum atomic E-state index is -1.03. The second-order valence-corrected chi connectivity index (χ2v) is 4.12. The van der Waals surface area contributed by atoms with Crippen molar-refractivity contribution in [2.75, 3.05) is 5.32 Å². The van der Waals surface area contributed by atoms with Gasteiger partial charge in [0.05, 0.1) is 0 Å². The second kappa shape index (κ2) is 6.33. The molecule has 0 saturated heterocycles. The van der Waals surface area contributed by atoms with Crippen molar-refractivity contribution in [1.82, 2.24) is 4.98 Å². The van der Waals surface area contributed by atoms with Crippen LogP contribution in [0.15, 0.2) is 48.7 Å². The summed E-state index contributed by atoms with van der Waals surface area (Å²) in [4.78, 5) is 26.1. The average Bonchev–Trinajstić information content (AvgIpc) is 2.47. The molecule has 0 aliphatic heterocycles. The van der Waals surface area contributed by atoms with Crippen LogP contribution >= 0.6 is 0 Å². The van der Waals surface area contributed by atoms with E-state index < -0.39 is 11.9 Å². The number of carboxylic acids is 1. The van der Waals surface area contributed by atoms with E-state index in [0.29, 0.717) is 11.3 Å². The number of aromatic hydroxyl groups is 1. The van der Waals surface area contributed by atoms with Gasteiger partial charge >= 0.3 is 5.97 Å². The van der Waals surface area contributed by atoms with Crippen LogP contribution in [0.25, 0.3) is 6.08 Å². The van der Waals surface area contributed by atoms with Crippen LogP contribution in [-0.4, -0.2) is 27.1 Å². The predicted octanol–water partition coefficient (Wildman–Crippen LogP) is 2.14. The molecular weight excluding hydrogens is 272 g/mol. The van der Waals surface area contributed by atoms with Crippen LogP contribution < -0.4 is 5.32 Å². The molecule has 0 aliphatic rings. The fourth-order valence-corrected chi connectivity index (χ4v) is 1.61. The maximum atomic E-state index is 11.9. The molecule has 1 amide bonds. The number of carboxylic acid groups (broad SMARTS) is 1. The molecule has 0 aliphatic carbocycles. The van der Waals surface area contributed by atoms with Crippen molar-refractivity contribution in [3.8, 4) is 5.75 Å². The molecule has 1 heterocycles. The summed E-state index contributed by atoms with van der Waals surface area (Å²) in [7, 11) is 0. The van der Waals surface area contributed by atoms with E-state index in [2.05, 4.69) is 10.3 Å². The predicted molar refractivity (Wildman–Crippen MR) is 77.0 cm³/mol. The molecule has 0 unspecified atom stereocenters. The maximum absolute atomic E-state index is 11.9. The zero-order valence-electron chi connectivity index (χ0n) is 10.9. The molecule has 106 valence electrons. The SMILES string of the molecule is O=C(O)/C=C/c1ccc(NC(=O)c2ncccc2O)cc1. The minimum Gasteiger partial charge on any atom is -0.505 e. The Labute approximate surface area is 120 Å². The van der Waals surface area contributed by atoms with E-state index in [0.717, 1.165) is 6.08 Å². The van der Waals surface area contributed by atoms with Gasteiger partial charge in [0, 0.05) is 18.0 Å². The lowest BCUT2D eigenvalue weighted by Crippen LogP contribution is -2.13. The van der Waals surface area contributed by atoms with E-state index in [1.807, 2.05) is 0 Å². The fourth-order valence-electron chi connectivity index (χ4n) is 1.61. The third-order valence-electron chi connectivity index (χ3n) is 2.59. The molecule has 21 heavy (non-hydrogen) atoms. The smallest absolute Gasteiger partial charge is 0.328 e. The molecule has 0 saturated carbocycles. The van der Waals surface area contributed by atoms with Gasteiger partial charge in [-0.25, -0.2) is 9.78 Å². The van der Waals surface area contributed by atoms with Crippen molar-refractivity contribution in [3.05, 3.63) is 59.9 Å². The first-order chi connectivity index (χ1) is 10.1. The maximum Gasteiger partial charge on any atom is 0.328 e. The second-order valence-electron chi connectivity index (χ2n) is 4.12. The van der Waals surface area contributed by atoms with Crippen LogP contribution in [-0.2, 0) is 4.79 Å². The van der Waals surface area contributed by atoms with Gasteiger partial charge in [-0.05, 0) is 35.9 Å². The molecule has 3 N–H and O–H groups in total. The first-order valence-corrected chi connectivity index (χ1v) is 6.02. The van der Waals surface area contributed by atoms with E-state index in [-0.39, 0.29) is 11.4 Å². The number of pyridine rings is 1. The topological polar surface area (TPSA) is 99.5 Å². The van der Waals surface area contributed by atoms with E-state index in [1.54, 1.807) is 24.3 Å². The Kier molecular flexibility index (Phi) is 4.30. The minimum absolute atomic E-state index is 0.0626. The van der Waals surface area contributed by atoms with Crippen LogP contribution in [0.5, 0.6) is 5.75 Å². The lowest BCUT2D eigenvalue weighted by molar-refractivity contribution is -0.131. The highest BCUT2D eigenvalue weighted by molar-refractivity contribution is 6.04. The van der Waals surface area contributed by atoms with Crippen LogP contribution in [0.1, 0.15) is 16.1 Å². The fraction of sp³-hybridized carbons (Fsp3) is 0. The van der Waals surface area contributed by atoms with Gasteiger partial charge in [0.2, 0.25) is 0 Å². The highest BCUT2D eigenvalue weighted by atomic mass is 16.4. The summed E-state index contributed by atoms with van der Waals surface area (Å²) in [6.45, 7) is 0. The lowest BCUT2D eigenvalue weighted by atomic mass is 10.2. The summed E-state index contributed by atoms with van der Waals surface area (Å²) in [5, 5.41) is 20.7. The van der Waals surface area contributed by atoms with Crippen molar-refractivity contribution in [1.29, 1.82) is 0 Å². The van der Waals surface area contributed by atoms with Gasteiger partial charge in [-0.15, -0.1) is 0 Å². The first kappa shape index (κ1) is 14.3. The number of nitrogens with zero attached hydrogens (tertiary/aromatic N) is 1. The Hall–Kier alpha value is -3.15. The van der Waals surface area contributed by atoms with Crippen LogP contribution in [0, 0.1) is 0 Å². The normalized spacial score (nSPS) is 10.5. The highest BCUT2D eigenvalue weighted by Gasteiger charge is 2.11. The van der Waals surface area contributed by atoms with E-state index in [4.69, 9.17) is 5.11 Å². The lowest BCUT2D eigenvalue weighted by Gasteiger charge is -2.06. The number of rotatable bonds is 4. The summed E-state index contributed by atoms with van der Waals surface area (Å²) in [5.41, 5.74) is 1.14. The third kappa shape index (κ3) is 3.90. The number of hydrogen-bond donors (Lipinski definition) is 3. The molecule has 1 aromatic heterocycles. The van der Waals surface area contributed by atoms with Crippen molar-refractivity contribution in [2.45, 2.75) is 0 Å². The molecular formula is C15H12N2O4. The standard InChI is InChI=1S/C15H12N2O4/c18-12-2-1-9-16-14(12)15(21)17-11-6-3-10(4-7-11)5-8-13(19)20/h1-9,18H,(H,17,21)(H,19,20)/b8-5+. The van der Waals surface area contributed by atoms with Gasteiger partial charge in [0.15, 0.2) is 5.69 Å². The molecule has 0 spiro atoms. The Morgan fingerprint density at radius 2 is 1.86 bits per heavy atom. The van der Waals surface area contributed by atoms with E-state index >= 15 is 0 Å². The number of nitrogens with one attached hydrogen (secondary N) is 1. The Balaban J connectivity index is 2.09. The molecule has 2 aromatic rings. The summed E-state index contributed by atoms with van der Waals surface area (Å²) >= 11 is 0. The van der Waals surface area contributed by atoms with Crippen LogP contribution in [0.2, 0.25) is 0 Å². The van der Waals surface area contributed by atoms with Gasteiger partial charge in [-0.3, -0.25) is 4.79 Å². The Bertz CT molecular complexity index is 693. The molecule has 2 rings (SSSR count). The molecule has 0 atom stereocenters. The number of anilines is 1. The van der Waals surface area contributed by atoms with E-state index in [1.165, 1.54) is 24.4 Å². The highest BCUT2D eigenvalue weighted by Crippen LogP contribution is 2.16. The zero-order valence-corrected chi connectivity index (χ0v) is 10.9.